The smallest absolute Gasteiger partial charge is 0.433 e. The lowest BCUT2D eigenvalue weighted by Gasteiger charge is -2.11. The number of halogens is 4. The molecule has 0 saturated heterocycles. The van der Waals surface area contributed by atoms with Gasteiger partial charge < -0.3 is 10.1 Å². The topological polar surface area (TPSA) is 86.3 Å². The van der Waals surface area contributed by atoms with Gasteiger partial charge in [-0.25, -0.2) is 9.50 Å². The molecular weight excluding hydrogens is 529 g/mol. The van der Waals surface area contributed by atoms with Gasteiger partial charge >= 0.3 is 6.18 Å². The second-order valence-corrected chi connectivity index (χ2v) is 8.66. The van der Waals surface area contributed by atoms with E-state index in [1.165, 1.54) is 13.2 Å². The number of aryl methyl sites for hydroxylation is 2. The molecule has 35 heavy (non-hydrogen) atoms. The third-order valence-corrected chi connectivity index (χ3v) is 6.61. The van der Waals surface area contributed by atoms with Gasteiger partial charge in [0.2, 0.25) is 0 Å². The van der Waals surface area contributed by atoms with E-state index < -0.39 is 17.8 Å². The van der Waals surface area contributed by atoms with Gasteiger partial charge in [0.05, 0.1) is 23.0 Å². The second kappa shape index (κ2) is 9.68. The summed E-state index contributed by atoms with van der Waals surface area (Å²) >= 11 is 3.47. The van der Waals surface area contributed by atoms with E-state index >= 15 is 0 Å². The number of nitrogens with zero attached hydrogens (tertiary/aromatic N) is 5. The Bertz CT molecular complexity index is 1380. The van der Waals surface area contributed by atoms with Crippen LogP contribution in [0.1, 0.15) is 34.0 Å². The summed E-state index contributed by atoms with van der Waals surface area (Å²) in [5.41, 5.74) is 1.18. The number of amides is 1. The molecule has 0 aliphatic rings. The highest BCUT2D eigenvalue weighted by molar-refractivity contribution is 9.10. The molecule has 0 aliphatic heterocycles. The van der Waals surface area contributed by atoms with Crippen molar-refractivity contribution in [3.8, 4) is 17.0 Å². The van der Waals surface area contributed by atoms with Crippen LogP contribution in [0.2, 0.25) is 0 Å². The van der Waals surface area contributed by atoms with Crippen LogP contribution < -0.4 is 10.1 Å². The molecule has 0 saturated carbocycles. The summed E-state index contributed by atoms with van der Waals surface area (Å²) in [6.45, 7) is 4.71. The van der Waals surface area contributed by atoms with Crippen LogP contribution in [0.25, 0.3) is 16.9 Å². The minimum atomic E-state index is -4.70. The molecule has 0 fully saturated rings. The molecule has 1 N–H and O–H groups in total. The molecule has 0 spiro atoms. The summed E-state index contributed by atoms with van der Waals surface area (Å²) in [5, 5.41) is 11.0. The van der Waals surface area contributed by atoms with E-state index in [0.717, 1.165) is 21.9 Å². The molecule has 3 aromatic heterocycles. The van der Waals surface area contributed by atoms with Gasteiger partial charge in [-0.05, 0) is 66.5 Å². The molecule has 0 bridgehead atoms. The highest BCUT2D eigenvalue weighted by Crippen LogP contribution is 2.32. The Morgan fingerprint density at radius 1 is 1.14 bits per heavy atom. The number of carbonyl (C=O) groups excluding carboxylic acids is 1. The van der Waals surface area contributed by atoms with Gasteiger partial charge in [-0.2, -0.15) is 23.4 Å². The fourth-order valence-electron chi connectivity index (χ4n) is 3.61. The summed E-state index contributed by atoms with van der Waals surface area (Å²) in [4.78, 5) is 16.9. The van der Waals surface area contributed by atoms with Crippen LogP contribution in [0.3, 0.4) is 0 Å². The zero-order valence-electron chi connectivity index (χ0n) is 19.1. The van der Waals surface area contributed by atoms with Crippen molar-refractivity contribution in [1.29, 1.82) is 0 Å². The Kier molecular flexibility index (Phi) is 6.84. The van der Waals surface area contributed by atoms with Crippen LogP contribution in [0.4, 0.5) is 13.2 Å². The van der Waals surface area contributed by atoms with Gasteiger partial charge in [-0.1, -0.05) is 0 Å². The van der Waals surface area contributed by atoms with E-state index in [0.29, 0.717) is 35.3 Å². The number of rotatable bonds is 7. The molecule has 0 atom stereocenters. The fraction of sp³-hybridized carbons (Fsp3) is 0.304. The zero-order valence-corrected chi connectivity index (χ0v) is 20.7. The first-order valence-corrected chi connectivity index (χ1v) is 11.5. The summed E-state index contributed by atoms with van der Waals surface area (Å²) in [5.74, 6) is -0.0103. The molecule has 0 radical (unpaired) electrons. The summed E-state index contributed by atoms with van der Waals surface area (Å²) < 4.78 is 49.9. The third kappa shape index (κ3) is 5.16. The fourth-order valence-corrected chi connectivity index (χ4v) is 3.90. The van der Waals surface area contributed by atoms with Gasteiger partial charge in [-0.15, -0.1) is 0 Å². The number of aromatic nitrogens is 5. The van der Waals surface area contributed by atoms with Crippen LogP contribution in [0, 0.1) is 13.8 Å². The number of alkyl halides is 3. The largest absolute Gasteiger partial charge is 0.497 e. The minimum Gasteiger partial charge on any atom is -0.497 e. The summed E-state index contributed by atoms with van der Waals surface area (Å²) in [7, 11) is 1.50. The molecule has 3 heterocycles. The first-order chi connectivity index (χ1) is 16.6. The molecule has 8 nitrogen and oxygen atoms in total. The molecular formula is C23H22BrF3N6O2. The number of nitrogens with one attached hydrogen (secondary N) is 1. The number of hydrogen-bond donors (Lipinski definition) is 1. The van der Waals surface area contributed by atoms with E-state index in [1.54, 1.807) is 24.3 Å². The number of methoxy groups -OCH3 is 1. The average Bonchev–Trinajstić information content (AvgIpc) is 3.37. The molecule has 184 valence electrons. The Morgan fingerprint density at radius 3 is 2.46 bits per heavy atom. The van der Waals surface area contributed by atoms with Crippen LogP contribution in [-0.4, -0.2) is 43.9 Å². The molecule has 0 aliphatic carbocycles. The first-order valence-electron chi connectivity index (χ1n) is 10.7. The minimum absolute atomic E-state index is 0.0803. The predicted molar refractivity (Wildman–Crippen MR) is 126 cm³/mol. The molecule has 4 aromatic rings. The van der Waals surface area contributed by atoms with Crippen molar-refractivity contribution in [2.24, 2.45) is 0 Å². The summed E-state index contributed by atoms with van der Waals surface area (Å²) in [6.07, 6.45) is -4.11. The van der Waals surface area contributed by atoms with Crippen molar-refractivity contribution < 1.29 is 22.7 Å². The SMILES string of the molecule is COc1ccc(-c2cc(C(F)(F)F)n3nc(C(=O)NCCCn4nc(C)c(Br)c4C)cc3n2)cc1. The van der Waals surface area contributed by atoms with Gasteiger partial charge in [0, 0.05) is 30.4 Å². The van der Waals surface area contributed by atoms with Gasteiger partial charge in [0.25, 0.3) is 5.91 Å². The third-order valence-electron chi connectivity index (χ3n) is 5.46. The number of benzene rings is 1. The molecule has 1 aromatic carbocycles. The van der Waals surface area contributed by atoms with Crippen molar-refractivity contribution in [3.63, 3.8) is 0 Å². The number of carbonyl (C=O) groups is 1. The lowest BCUT2D eigenvalue weighted by molar-refractivity contribution is -0.142. The highest BCUT2D eigenvalue weighted by atomic mass is 79.9. The lowest BCUT2D eigenvalue weighted by atomic mass is 10.1. The maximum atomic E-state index is 13.8. The quantitative estimate of drug-likeness (QED) is 0.333. The van der Waals surface area contributed by atoms with Crippen molar-refractivity contribution in [3.05, 3.63) is 63.6 Å². The van der Waals surface area contributed by atoms with Crippen LogP contribution in [0.5, 0.6) is 5.75 Å². The monoisotopic (exact) mass is 550 g/mol. The van der Waals surface area contributed by atoms with Crippen LogP contribution in [0.15, 0.2) is 40.9 Å². The predicted octanol–water partition coefficient (Wildman–Crippen LogP) is 4.82. The number of fused-ring (bicyclic) bond motifs is 1. The van der Waals surface area contributed by atoms with Crippen molar-refractivity contribution in [2.75, 3.05) is 13.7 Å². The van der Waals surface area contributed by atoms with E-state index in [4.69, 9.17) is 4.74 Å². The molecule has 4 rings (SSSR count). The van der Waals surface area contributed by atoms with Gasteiger partial charge in [0.1, 0.15) is 5.75 Å². The van der Waals surface area contributed by atoms with E-state index in [1.807, 2.05) is 18.5 Å². The Hall–Kier alpha value is -3.41. The Morgan fingerprint density at radius 2 is 1.86 bits per heavy atom. The second-order valence-electron chi connectivity index (χ2n) is 7.87. The maximum Gasteiger partial charge on any atom is 0.433 e. The van der Waals surface area contributed by atoms with Crippen molar-refractivity contribution >= 4 is 27.5 Å². The van der Waals surface area contributed by atoms with Crippen LogP contribution >= 0.6 is 15.9 Å². The van der Waals surface area contributed by atoms with E-state index in [9.17, 15) is 18.0 Å². The highest BCUT2D eigenvalue weighted by Gasteiger charge is 2.35. The molecule has 12 heteroatoms. The number of hydrogen-bond acceptors (Lipinski definition) is 5. The normalized spacial score (nSPS) is 11.7. The standard InChI is InChI=1S/C23H22BrF3N6O2/c1-13-21(24)14(2)32(30-13)10-4-9-28-22(34)18-12-20-29-17(15-5-7-16(35-3)8-6-15)11-19(23(25,26)27)33(20)31-18/h5-8,11-12H,4,9-10H2,1-3H3,(H,28,34). The van der Waals surface area contributed by atoms with Crippen molar-refractivity contribution in [2.45, 2.75) is 33.0 Å². The van der Waals surface area contributed by atoms with Crippen LogP contribution in [-0.2, 0) is 12.7 Å². The van der Waals surface area contributed by atoms with Gasteiger partial charge in [0.15, 0.2) is 17.0 Å². The lowest BCUT2D eigenvalue weighted by Crippen LogP contribution is -2.26. The van der Waals surface area contributed by atoms with Crippen molar-refractivity contribution in [1.82, 2.24) is 29.7 Å². The molecule has 0 unspecified atom stereocenters. The van der Waals surface area contributed by atoms with E-state index in [2.05, 4.69) is 36.4 Å². The van der Waals surface area contributed by atoms with E-state index in [-0.39, 0.29) is 17.0 Å². The maximum absolute atomic E-state index is 13.8. The Balaban J connectivity index is 1.54. The average molecular weight is 551 g/mol. The van der Waals surface area contributed by atoms with Gasteiger partial charge in [-0.3, -0.25) is 9.48 Å². The molecule has 1 amide bonds. The number of ether oxygens (including phenoxy) is 1. The zero-order chi connectivity index (χ0) is 25.3. The first kappa shape index (κ1) is 24.7. The Labute approximate surface area is 207 Å². The summed E-state index contributed by atoms with van der Waals surface area (Å²) in [6, 6.07) is 8.65.